The lowest BCUT2D eigenvalue weighted by atomic mass is 9.97. The molecule has 29 heavy (non-hydrogen) atoms. The third-order valence-electron chi connectivity index (χ3n) is 5.59. The van der Waals surface area contributed by atoms with Crippen molar-refractivity contribution >= 4 is 11.8 Å². The third-order valence-corrected chi connectivity index (χ3v) is 5.59. The number of piperidine rings is 1. The second-order valence-corrected chi connectivity index (χ2v) is 7.73. The molecule has 1 aromatic heterocycles. The van der Waals surface area contributed by atoms with Crippen molar-refractivity contribution in [1.29, 1.82) is 0 Å². The second-order valence-electron chi connectivity index (χ2n) is 7.73. The Morgan fingerprint density at radius 1 is 1.21 bits per heavy atom. The number of nitrogens with zero attached hydrogens (tertiary/aromatic N) is 4. The zero-order valence-electron chi connectivity index (χ0n) is 16.5. The molecule has 0 spiro atoms. The maximum atomic E-state index is 12.5. The largest absolute Gasteiger partial charge is 0.354 e. The molecule has 3 heterocycles. The minimum absolute atomic E-state index is 0.0467. The normalized spacial score (nSPS) is 20.2. The van der Waals surface area contributed by atoms with Gasteiger partial charge < -0.3 is 14.7 Å². The molecule has 8 nitrogen and oxygen atoms in total. The number of aromatic nitrogens is 2. The van der Waals surface area contributed by atoms with Gasteiger partial charge in [0.25, 0.3) is 0 Å². The lowest BCUT2D eigenvalue weighted by molar-refractivity contribution is -0.129. The first kappa shape index (κ1) is 19.6. The highest BCUT2D eigenvalue weighted by molar-refractivity contribution is 5.79. The molecule has 0 radical (unpaired) electrons. The van der Waals surface area contributed by atoms with Crippen LogP contribution in [0.3, 0.4) is 0 Å². The summed E-state index contributed by atoms with van der Waals surface area (Å²) in [5, 5.41) is 7.07. The maximum absolute atomic E-state index is 12.5. The molecule has 0 aliphatic carbocycles. The minimum atomic E-state index is -0.0467. The summed E-state index contributed by atoms with van der Waals surface area (Å²) < 4.78 is 5.41. The van der Waals surface area contributed by atoms with Gasteiger partial charge in [-0.05, 0) is 25.8 Å². The van der Waals surface area contributed by atoms with E-state index in [1.165, 1.54) is 0 Å². The SMILES string of the molecule is O=C(NCCN1CCCC1=O)C1CCCN(Cc2nc(-c3ccccc3)no2)C1. The summed E-state index contributed by atoms with van der Waals surface area (Å²) >= 11 is 0. The molecular formula is C21H27N5O3. The molecule has 4 rings (SSSR count). The monoisotopic (exact) mass is 397 g/mol. The van der Waals surface area contributed by atoms with Gasteiger partial charge >= 0.3 is 0 Å². The molecule has 0 saturated carbocycles. The van der Waals surface area contributed by atoms with Crippen molar-refractivity contribution in [2.24, 2.45) is 5.92 Å². The van der Waals surface area contributed by atoms with Gasteiger partial charge in [0.2, 0.25) is 23.5 Å². The van der Waals surface area contributed by atoms with Crippen LogP contribution in [0.2, 0.25) is 0 Å². The van der Waals surface area contributed by atoms with Gasteiger partial charge in [-0.15, -0.1) is 0 Å². The van der Waals surface area contributed by atoms with Crippen molar-refractivity contribution in [3.8, 4) is 11.4 Å². The van der Waals surface area contributed by atoms with Crippen LogP contribution in [0.25, 0.3) is 11.4 Å². The van der Waals surface area contributed by atoms with Crippen LogP contribution in [0.1, 0.15) is 31.6 Å². The molecule has 1 atom stereocenters. The predicted molar refractivity (Wildman–Crippen MR) is 107 cm³/mol. The zero-order valence-corrected chi connectivity index (χ0v) is 16.5. The fourth-order valence-corrected chi connectivity index (χ4v) is 4.03. The Hall–Kier alpha value is -2.74. The van der Waals surface area contributed by atoms with Crippen LogP contribution in [0.5, 0.6) is 0 Å². The van der Waals surface area contributed by atoms with E-state index in [0.717, 1.165) is 37.9 Å². The number of amides is 2. The summed E-state index contributed by atoms with van der Waals surface area (Å²) in [6.07, 6.45) is 3.39. The highest BCUT2D eigenvalue weighted by Gasteiger charge is 2.27. The molecule has 2 fully saturated rings. The van der Waals surface area contributed by atoms with E-state index in [1.807, 2.05) is 35.2 Å². The fraction of sp³-hybridized carbons (Fsp3) is 0.524. The van der Waals surface area contributed by atoms with Crippen molar-refractivity contribution in [1.82, 2.24) is 25.3 Å². The quantitative estimate of drug-likeness (QED) is 0.764. The van der Waals surface area contributed by atoms with Gasteiger partial charge in [-0.1, -0.05) is 35.5 Å². The predicted octanol–water partition coefficient (Wildman–Crippen LogP) is 1.69. The van der Waals surface area contributed by atoms with Crippen molar-refractivity contribution in [3.05, 3.63) is 36.2 Å². The summed E-state index contributed by atoms with van der Waals surface area (Å²) in [5.41, 5.74) is 0.926. The Balaban J connectivity index is 1.25. The number of carbonyl (C=O) groups excluding carboxylic acids is 2. The highest BCUT2D eigenvalue weighted by Crippen LogP contribution is 2.20. The lowest BCUT2D eigenvalue weighted by Crippen LogP contribution is -2.44. The molecule has 0 bridgehead atoms. The smallest absolute Gasteiger partial charge is 0.241 e. The van der Waals surface area contributed by atoms with E-state index in [1.54, 1.807) is 0 Å². The Labute approximate surface area is 170 Å². The van der Waals surface area contributed by atoms with Crippen LogP contribution in [0, 0.1) is 5.92 Å². The molecule has 2 aliphatic heterocycles. The second kappa shape index (κ2) is 9.17. The van der Waals surface area contributed by atoms with Crippen LogP contribution >= 0.6 is 0 Å². The van der Waals surface area contributed by atoms with Crippen LogP contribution in [0.15, 0.2) is 34.9 Å². The van der Waals surface area contributed by atoms with Crippen molar-refractivity contribution in [2.75, 3.05) is 32.7 Å². The minimum Gasteiger partial charge on any atom is -0.354 e. The summed E-state index contributed by atoms with van der Waals surface area (Å²) in [6.45, 7) is 4.07. The van der Waals surface area contributed by atoms with E-state index in [9.17, 15) is 9.59 Å². The number of hydrogen-bond donors (Lipinski definition) is 1. The summed E-state index contributed by atoms with van der Waals surface area (Å²) in [5.74, 6) is 1.37. The summed E-state index contributed by atoms with van der Waals surface area (Å²) in [7, 11) is 0. The molecule has 2 aliphatic rings. The van der Waals surface area contributed by atoms with Crippen molar-refractivity contribution in [2.45, 2.75) is 32.2 Å². The first-order valence-electron chi connectivity index (χ1n) is 10.3. The maximum Gasteiger partial charge on any atom is 0.241 e. The molecule has 2 aromatic rings. The van der Waals surface area contributed by atoms with Gasteiger partial charge in [0.15, 0.2) is 0 Å². The lowest BCUT2D eigenvalue weighted by Gasteiger charge is -2.31. The van der Waals surface area contributed by atoms with Crippen LogP contribution < -0.4 is 5.32 Å². The Bertz CT molecular complexity index is 838. The molecular weight excluding hydrogens is 370 g/mol. The number of hydrogen-bond acceptors (Lipinski definition) is 6. The number of rotatable bonds is 7. The van der Waals surface area contributed by atoms with Gasteiger partial charge in [-0.3, -0.25) is 14.5 Å². The van der Waals surface area contributed by atoms with E-state index in [4.69, 9.17) is 4.52 Å². The average molecular weight is 397 g/mol. The summed E-state index contributed by atoms with van der Waals surface area (Å²) in [6, 6.07) is 9.74. The summed E-state index contributed by atoms with van der Waals surface area (Å²) in [4.78, 5) is 32.7. The average Bonchev–Trinajstić information content (AvgIpc) is 3.38. The van der Waals surface area contributed by atoms with Crippen molar-refractivity contribution < 1.29 is 14.1 Å². The Morgan fingerprint density at radius 3 is 2.86 bits per heavy atom. The molecule has 8 heteroatoms. The molecule has 1 unspecified atom stereocenters. The van der Waals surface area contributed by atoms with E-state index in [0.29, 0.717) is 44.3 Å². The van der Waals surface area contributed by atoms with E-state index < -0.39 is 0 Å². The Kier molecular flexibility index (Phi) is 6.19. The van der Waals surface area contributed by atoms with E-state index >= 15 is 0 Å². The van der Waals surface area contributed by atoms with Gasteiger partial charge in [-0.2, -0.15) is 4.98 Å². The molecule has 1 N–H and O–H groups in total. The van der Waals surface area contributed by atoms with Gasteiger partial charge in [0, 0.05) is 38.2 Å². The number of likely N-dealkylation sites (tertiary alicyclic amines) is 2. The van der Waals surface area contributed by atoms with E-state index in [-0.39, 0.29) is 17.7 Å². The molecule has 2 amide bonds. The first-order valence-corrected chi connectivity index (χ1v) is 10.3. The standard InChI is InChI=1S/C21H27N5O3/c27-19-9-5-12-26(19)13-10-22-21(28)17-8-4-11-25(14-17)15-18-23-20(24-29-18)16-6-2-1-3-7-16/h1-3,6-7,17H,4-5,8-15H2,(H,22,28). The fourth-order valence-electron chi connectivity index (χ4n) is 4.03. The van der Waals surface area contributed by atoms with Crippen LogP contribution in [0.4, 0.5) is 0 Å². The highest BCUT2D eigenvalue weighted by atomic mass is 16.5. The third kappa shape index (κ3) is 5.00. The molecule has 154 valence electrons. The van der Waals surface area contributed by atoms with Crippen molar-refractivity contribution in [3.63, 3.8) is 0 Å². The molecule has 1 aromatic carbocycles. The van der Waals surface area contributed by atoms with Crippen LogP contribution in [-0.2, 0) is 16.1 Å². The zero-order chi connectivity index (χ0) is 20.1. The Morgan fingerprint density at radius 2 is 2.07 bits per heavy atom. The number of carbonyl (C=O) groups is 2. The van der Waals surface area contributed by atoms with Gasteiger partial charge in [0.1, 0.15) is 0 Å². The van der Waals surface area contributed by atoms with Gasteiger partial charge in [-0.25, -0.2) is 0 Å². The number of nitrogens with one attached hydrogen (secondary N) is 1. The molecule has 2 saturated heterocycles. The topological polar surface area (TPSA) is 91.6 Å². The first-order chi connectivity index (χ1) is 14.2. The van der Waals surface area contributed by atoms with Gasteiger partial charge in [0.05, 0.1) is 12.5 Å². The van der Waals surface area contributed by atoms with Crippen LogP contribution in [-0.4, -0.2) is 64.5 Å². The van der Waals surface area contributed by atoms with E-state index in [2.05, 4.69) is 20.4 Å². The number of benzene rings is 1.